The van der Waals surface area contributed by atoms with Gasteiger partial charge in [0.1, 0.15) is 0 Å². The number of piperidine rings is 1. The fourth-order valence-electron chi connectivity index (χ4n) is 2.93. The van der Waals surface area contributed by atoms with E-state index in [4.69, 9.17) is 0 Å². The average molecular weight is 333 g/mol. The van der Waals surface area contributed by atoms with Gasteiger partial charge in [0, 0.05) is 26.7 Å². The zero-order valence-electron chi connectivity index (χ0n) is 15.0. The molecule has 1 aliphatic rings. The molecule has 0 radical (unpaired) electrons. The highest BCUT2D eigenvalue weighted by atomic mass is 16.3. The predicted octanol–water partition coefficient (Wildman–Crippen LogP) is 2.58. The molecule has 2 rings (SSSR count). The first-order chi connectivity index (χ1) is 11.5. The molecule has 1 unspecified atom stereocenters. The van der Waals surface area contributed by atoms with E-state index in [0.717, 1.165) is 12.1 Å². The molecule has 0 bridgehead atoms. The van der Waals surface area contributed by atoms with E-state index >= 15 is 0 Å². The summed E-state index contributed by atoms with van der Waals surface area (Å²) < 4.78 is 0. The van der Waals surface area contributed by atoms with Crippen LogP contribution in [0.1, 0.15) is 43.7 Å². The largest absolute Gasteiger partial charge is 0.393 e. The lowest BCUT2D eigenvalue weighted by molar-refractivity contribution is 0.163. The molecule has 1 heterocycles. The first-order valence-electron chi connectivity index (χ1n) is 9.02. The number of urea groups is 1. The molecule has 0 aliphatic carbocycles. The number of aliphatic hydroxyl groups is 1. The third-order valence-corrected chi connectivity index (χ3v) is 4.55. The zero-order valence-corrected chi connectivity index (χ0v) is 15.0. The number of carbonyl (C=O) groups is 1. The number of nitrogens with zero attached hydrogens (tertiary/aromatic N) is 2. The number of rotatable bonds is 7. The number of hydrogen-bond acceptors (Lipinski definition) is 3. The van der Waals surface area contributed by atoms with Crippen molar-refractivity contribution >= 4 is 6.03 Å². The van der Waals surface area contributed by atoms with Crippen LogP contribution in [-0.4, -0.2) is 53.7 Å². The molecule has 2 N–H and O–H groups in total. The SMILES string of the molecule is CC(O)CCN(C)C(=O)NCc1ccc(CN2CCCCC2)cc1. The van der Waals surface area contributed by atoms with E-state index in [2.05, 4.69) is 34.5 Å². The third kappa shape index (κ3) is 6.49. The first-order valence-corrected chi connectivity index (χ1v) is 9.02. The second-order valence-electron chi connectivity index (χ2n) is 6.87. The van der Waals surface area contributed by atoms with Gasteiger partial charge in [0.2, 0.25) is 0 Å². The van der Waals surface area contributed by atoms with E-state index in [0.29, 0.717) is 19.5 Å². The molecule has 1 atom stereocenters. The summed E-state index contributed by atoms with van der Waals surface area (Å²) in [6.07, 6.45) is 4.20. The van der Waals surface area contributed by atoms with Crippen LogP contribution in [0.3, 0.4) is 0 Å². The summed E-state index contributed by atoms with van der Waals surface area (Å²) in [6.45, 7) is 6.25. The monoisotopic (exact) mass is 333 g/mol. The smallest absolute Gasteiger partial charge is 0.317 e. The fourth-order valence-corrected chi connectivity index (χ4v) is 2.93. The number of amides is 2. The Morgan fingerprint density at radius 3 is 2.46 bits per heavy atom. The number of carbonyl (C=O) groups excluding carboxylic acids is 1. The Morgan fingerprint density at radius 1 is 1.21 bits per heavy atom. The van der Waals surface area contributed by atoms with Crippen molar-refractivity contribution in [3.8, 4) is 0 Å². The van der Waals surface area contributed by atoms with Crippen molar-refractivity contribution in [1.82, 2.24) is 15.1 Å². The molecule has 0 saturated carbocycles. The summed E-state index contributed by atoms with van der Waals surface area (Å²) in [6, 6.07) is 8.40. The lowest BCUT2D eigenvalue weighted by Gasteiger charge is -2.26. The Labute approximate surface area is 145 Å². The highest BCUT2D eigenvalue weighted by molar-refractivity contribution is 5.73. The van der Waals surface area contributed by atoms with E-state index in [-0.39, 0.29) is 12.1 Å². The van der Waals surface area contributed by atoms with E-state index in [1.165, 1.54) is 37.9 Å². The van der Waals surface area contributed by atoms with Crippen molar-refractivity contribution < 1.29 is 9.90 Å². The van der Waals surface area contributed by atoms with Gasteiger partial charge in [-0.05, 0) is 50.4 Å². The third-order valence-electron chi connectivity index (χ3n) is 4.55. The van der Waals surface area contributed by atoms with Gasteiger partial charge >= 0.3 is 6.03 Å². The summed E-state index contributed by atoms with van der Waals surface area (Å²) in [5, 5.41) is 12.2. The van der Waals surface area contributed by atoms with Crippen molar-refractivity contribution in [2.24, 2.45) is 0 Å². The Balaban J connectivity index is 1.73. The minimum Gasteiger partial charge on any atom is -0.393 e. The standard InChI is InChI=1S/C19H31N3O2/c1-16(23)10-13-21(2)19(24)20-14-17-6-8-18(9-7-17)15-22-11-4-3-5-12-22/h6-9,16,23H,3-5,10-15H2,1-2H3,(H,20,24). The summed E-state index contributed by atoms with van der Waals surface area (Å²) in [5.74, 6) is 0. The second kappa shape index (κ2) is 9.64. The lowest BCUT2D eigenvalue weighted by atomic mass is 10.1. The minimum atomic E-state index is -0.382. The Kier molecular flexibility index (Phi) is 7.53. The summed E-state index contributed by atoms with van der Waals surface area (Å²) in [4.78, 5) is 16.1. The minimum absolute atomic E-state index is 0.104. The van der Waals surface area contributed by atoms with Gasteiger partial charge in [-0.1, -0.05) is 30.7 Å². The van der Waals surface area contributed by atoms with Crippen LogP contribution in [-0.2, 0) is 13.1 Å². The molecule has 0 spiro atoms. The maximum Gasteiger partial charge on any atom is 0.317 e. The van der Waals surface area contributed by atoms with Crippen LogP contribution >= 0.6 is 0 Å². The Morgan fingerprint density at radius 2 is 1.83 bits per heavy atom. The van der Waals surface area contributed by atoms with E-state index in [9.17, 15) is 9.90 Å². The summed E-state index contributed by atoms with van der Waals surface area (Å²) in [5.41, 5.74) is 2.44. The zero-order chi connectivity index (χ0) is 17.4. The van der Waals surface area contributed by atoms with Gasteiger partial charge in [-0.2, -0.15) is 0 Å². The normalized spacial score (nSPS) is 16.6. The maximum absolute atomic E-state index is 12.0. The topological polar surface area (TPSA) is 55.8 Å². The molecule has 24 heavy (non-hydrogen) atoms. The summed E-state index contributed by atoms with van der Waals surface area (Å²) >= 11 is 0. The highest BCUT2D eigenvalue weighted by Gasteiger charge is 2.11. The number of benzene rings is 1. The van der Waals surface area contributed by atoms with E-state index in [1.807, 2.05) is 0 Å². The molecule has 1 saturated heterocycles. The van der Waals surface area contributed by atoms with Crippen LogP contribution in [0.4, 0.5) is 4.79 Å². The molecule has 134 valence electrons. The van der Waals surface area contributed by atoms with Crippen LogP contribution in [0.2, 0.25) is 0 Å². The second-order valence-corrected chi connectivity index (χ2v) is 6.87. The molecular weight excluding hydrogens is 302 g/mol. The van der Waals surface area contributed by atoms with Crippen LogP contribution in [0.15, 0.2) is 24.3 Å². The van der Waals surface area contributed by atoms with Crippen molar-refractivity contribution in [3.05, 3.63) is 35.4 Å². The maximum atomic E-state index is 12.0. The molecule has 1 aromatic rings. The van der Waals surface area contributed by atoms with Crippen LogP contribution < -0.4 is 5.32 Å². The number of aliphatic hydroxyl groups excluding tert-OH is 1. The van der Waals surface area contributed by atoms with Gasteiger partial charge in [0.15, 0.2) is 0 Å². The van der Waals surface area contributed by atoms with Gasteiger partial charge < -0.3 is 15.3 Å². The van der Waals surface area contributed by atoms with Crippen molar-refractivity contribution in [3.63, 3.8) is 0 Å². The van der Waals surface area contributed by atoms with E-state index in [1.54, 1.807) is 18.9 Å². The van der Waals surface area contributed by atoms with Crippen LogP contribution in [0.5, 0.6) is 0 Å². The van der Waals surface area contributed by atoms with Gasteiger partial charge in [0.05, 0.1) is 6.10 Å². The molecule has 1 fully saturated rings. The highest BCUT2D eigenvalue weighted by Crippen LogP contribution is 2.13. The molecule has 5 heteroatoms. The fraction of sp³-hybridized carbons (Fsp3) is 0.632. The number of nitrogens with one attached hydrogen (secondary N) is 1. The van der Waals surface area contributed by atoms with Crippen molar-refractivity contribution in [2.75, 3.05) is 26.7 Å². The average Bonchev–Trinajstić information content (AvgIpc) is 2.59. The first kappa shape index (κ1) is 18.7. The molecule has 0 aromatic heterocycles. The van der Waals surface area contributed by atoms with Crippen molar-refractivity contribution in [2.45, 2.75) is 51.8 Å². The van der Waals surface area contributed by atoms with Crippen LogP contribution in [0, 0.1) is 0 Å². The van der Waals surface area contributed by atoms with Crippen molar-refractivity contribution in [1.29, 1.82) is 0 Å². The Hall–Kier alpha value is -1.59. The summed E-state index contributed by atoms with van der Waals surface area (Å²) in [7, 11) is 1.75. The quantitative estimate of drug-likeness (QED) is 0.806. The molecule has 2 amide bonds. The molecule has 5 nitrogen and oxygen atoms in total. The van der Waals surface area contributed by atoms with Crippen LogP contribution in [0.25, 0.3) is 0 Å². The number of likely N-dealkylation sites (tertiary alicyclic amines) is 1. The predicted molar refractivity (Wildman–Crippen MR) is 96.7 cm³/mol. The van der Waals surface area contributed by atoms with Gasteiger partial charge in [0.25, 0.3) is 0 Å². The van der Waals surface area contributed by atoms with E-state index < -0.39 is 0 Å². The van der Waals surface area contributed by atoms with Gasteiger partial charge in [-0.25, -0.2) is 4.79 Å². The lowest BCUT2D eigenvalue weighted by Crippen LogP contribution is -2.38. The van der Waals surface area contributed by atoms with Gasteiger partial charge in [-0.15, -0.1) is 0 Å². The van der Waals surface area contributed by atoms with Gasteiger partial charge in [-0.3, -0.25) is 4.90 Å². The molecule has 1 aliphatic heterocycles. The molecular formula is C19H31N3O2. The molecule has 1 aromatic carbocycles. The number of hydrogen-bond donors (Lipinski definition) is 2. The Bertz CT molecular complexity index is 496.